The van der Waals surface area contributed by atoms with Gasteiger partial charge in [0, 0.05) is 12.3 Å². The molecule has 4 nitrogen and oxygen atoms in total. The van der Waals surface area contributed by atoms with Gasteiger partial charge in [0.05, 0.1) is 6.10 Å². The lowest BCUT2D eigenvalue weighted by Gasteiger charge is -2.04. The number of esters is 1. The van der Waals surface area contributed by atoms with Crippen LogP contribution in [0.3, 0.4) is 0 Å². The zero-order valence-corrected chi connectivity index (χ0v) is 9.66. The lowest BCUT2D eigenvalue weighted by molar-refractivity contribution is -0.146. The highest BCUT2D eigenvalue weighted by atomic mass is 16.5. The Morgan fingerprint density at radius 3 is 1.64 bits per heavy atom. The van der Waals surface area contributed by atoms with Gasteiger partial charge in [-0.25, -0.2) is 0 Å². The molecular formula is C10H21NO3. The summed E-state index contributed by atoms with van der Waals surface area (Å²) in [6.07, 6.45) is 0.500. The second-order valence-corrected chi connectivity index (χ2v) is 3.45. The third-order valence-electron chi connectivity index (χ3n) is 1.22. The van der Waals surface area contributed by atoms with Gasteiger partial charge in [0.15, 0.2) is 0 Å². The molecule has 0 aliphatic rings. The van der Waals surface area contributed by atoms with Gasteiger partial charge >= 0.3 is 5.97 Å². The van der Waals surface area contributed by atoms with Gasteiger partial charge in [-0.3, -0.25) is 9.59 Å². The maximum atomic E-state index is 10.4. The topological polar surface area (TPSA) is 69.4 Å². The molecule has 0 aromatic heterocycles. The maximum absolute atomic E-state index is 10.4. The van der Waals surface area contributed by atoms with Crippen LogP contribution >= 0.6 is 0 Å². The Balaban J connectivity index is 0. The summed E-state index contributed by atoms with van der Waals surface area (Å²) in [5, 5.41) is 0. The summed E-state index contributed by atoms with van der Waals surface area (Å²) >= 11 is 0. The summed E-state index contributed by atoms with van der Waals surface area (Å²) < 4.78 is 4.76. The van der Waals surface area contributed by atoms with E-state index < -0.39 is 0 Å². The molecule has 2 N–H and O–H groups in total. The molecule has 0 rings (SSSR count). The van der Waals surface area contributed by atoms with Gasteiger partial charge in [0.1, 0.15) is 0 Å². The van der Waals surface area contributed by atoms with Crippen LogP contribution in [0.1, 0.15) is 41.0 Å². The van der Waals surface area contributed by atoms with Crippen LogP contribution in [0.4, 0.5) is 0 Å². The number of hydrogen-bond donors (Lipinski definition) is 1. The fraction of sp³-hybridized carbons (Fsp3) is 0.800. The molecule has 84 valence electrons. The number of hydrogen-bond acceptors (Lipinski definition) is 3. The number of carbonyl (C=O) groups excluding carboxylic acids is 2. The normalized spacial score (nSPS) is 9.36. The van der Waals surface area contributed by atoms with Crippen LogP contribution < -0.4 is 5.73 Å². The summed E-state index contributed by atoms with van der Waals surface area (Å²) in [6, 6.07) is 0. The molecule has 0 spiro atoms. The molecule has 0 bridgehead atoms. The highest BCUT2D eigenvalue weighted by molar-refractivity contribution is 5.75. The van der Waals surface area contributed by atoms with Gasteiger partial charge in [-0.15, -0.1) is 0 Å². The molecule has 0 atom stereocenters. The van der Waals surface area contributed by atoms with Gasteiger partial charge in [0.25, 0.3) is 0 Å². The highest BCUT2D eigenvalue weighted by Crippen LogP contribution is 1.90. The van der Waals surface area contributed by atoms with E-state index in [1.165, 1.54) is 0 Å². The summed E-state index contributed by atoms with van der Waals surface area (Å²) in [7, 11) is 0. The van der Waals surface area contributed by atoms with Crippen LogP contribution in [-0.4, -0.2) is 18.0 Å². The van der Waals surface area contributed by atoms with Crippen LogP contribution in [0.5, 0.6) is 0 Å². The van der Waals surface area contributed by atoms with E-state index in [2.05, 4.69) is 0 Å². The molecule has 0 unspecified atom stereocenters. The maximum Gasteiger partial charge on any atom is 0.305 e. The second-order valence-electron chi connectivity index (χ2n) is 3.45. The van der Waals surface area contributed by atoms with Gasteiger partial charge in [-0.1, -0.05) is 20.8 Å². The van der Waals surface area contributed by atoms with Crippen molar-refractivity contribution in [3.63, 3.8) is 0 Å². The largest absolute Gasteiger partial charge is 0.463 e. The van der Waals surface area contributed by atoms with Crippen molar-refractivity contribution in [3.8, 4) is 0 Å². The van der Waals surface area contributed by atoms with Crippen LogP contribution in [-0.2, 0) is 14.3 Å². The lowest BCUT2D eigenvalue weighted by atomic mass is 10.2. The van der Waals surface area contributed by atoms with Crippen molar-refractivity contribution < 1.29 is 14.3 Å². The van der Waals surface area contributed by atoms with Crippen LogP contribution in [0, 0.1) is 5.92 Å². The van der Waals surface area contributed by atoms with E-state index in [0.29, 0.717) is 6.42 Å². The van der Waals surface area contributed by atoms with E-state index in [4.69, 9.17) is 10.5 Å². The van der Waals surface area contributed by atoms with E-state index in [9.17, 15) is 9.59 Å². The standard InChI is InChI=1S/C6H12O2.C4H9NO/c1-4-6(7)8-5(2)3;1-3(2)4(5)6/h5H,4H2,1-3H3;3H,1-2H3,(H2,5,6). The SMILES string of the molecule is CC(C)C(N)=O.CCC(=O)OC(C)C. The highest BCUT2D eigenvalue weighted by Gasteiger charge is 1.99. The predicted octanol–water partition coefficient (Wildman–Crippen LogP) is 1.48. The number of carbonyl (C=O) groups is 2. The first-order valence-corrected chi connectivity index (χ1v) is 4.80. The van der Waals surface area contributed by atoms with Gasteiger partial charge in [-0.2, -0.15) is 0 Å². The first-order chi connectivity index (χ1) is 6.31. The van der Waals surface area contributed by atoms with E-state index >= 15 is 0 Å². The number of rotatable bonds is 3. The van der Waals surface area contributed by atoms with Crippen LogP contribution in [0.2, 0.25) is 0 Å². The van der Waals surface area contributed by atoms with Crippen molar-refractivity contribution in [2.75, 3.05) is 0 Å². The third-order valence-corrected chi connectivity index (χ3v) is 1.22. The average molecular weight is 203 g/mol. The Morgan fingerprint density at radius 2 is 1.57 bits per heavy atom. The molecule has 0 fully saturated rings. The van der Waals surface area contributed by atoms with E-state index in [1.807, 2.05) is 13.8 Å². The van der Waals surface area contributed by atoms with Gasteiger partial charge in [-0.05, 0) is 13.8 Å². The Kier molecular flexibility index (Phi) is 9.40. The van der Waals surface area contributed by atoms with Crippen molar-refractivity contribution in [2.45, 2.75) is 47.1 Å². The molecule has 0 aromatic carbocycles. The fourth-order valence-electron chi connectivity index (χ4n) is 0.346. The van der Waals surface area contributed by atoms with E-state index in [1.54, 1.807) is 20.8 Å². The Labute approximate surface area is 85.8 Å². The predicted molar refractivity (Wildman–Crippen MR) is 55.6 cm³/mol. The fourth-order valence-corrected chi connectivity index (χ4v) is 0.346. The summed E-state index contributed by atoms with van der Waals surface area (Å²) in [4.78, 5) is 20.3. The smallest absolute Gasteiger partial charge is 0.305 e. The molecule has 0 saturated heterocycles. The molecule has 0 saturated carbocycles. The van der Waals surface area contributed by atoms with Crippen molar-refractivity contribution in [3.05, 3.63) is 0 Å². The van der Waals surface area contributed by atoms with Crippen molar-refractivity contribution in [1.29, 1.82) is 0 Å². The first-order valence-electron chi connectivity index (χ1n) is 4.80. The summed E-state index contributed by atoms with van der Waals surface area (Å²) in [5.41, 5.74) is 4.80. The van der Waals surface area contributed by atoms with Crippen LogP contribution in [0.15, 0.2) is 0 Å². The third kappa shape index (κ3) is 13.5. The Morgan fingerprint density at radius 1 is 1.21 bits per heavy atom. The van der Waals surface area contributed by atoms with Crippen molar-refractivity contribution >= 4 is 11.9 Å². The molecule has 1 amide bonds. The van der Waals surface area contributed by atoms with E-state index in [0.717, 1.165) is 0 Å². The van der Waals surface area contributed by atoms with E-state index in [-0.39, 0.29) is 23.9 Å². The first kappa shape index (κ1) is 15.4. The molecule has 4 heteroatoms. The summed E-state index contributed by atoms with van der Waals surface area (Å²) in [6.45, 7) is 9.00. The number of nitrogens with two attached hydrogens (primary N) is 1. The molecular weight excluding hydrogens is 182 g/mol. The number of amides is 1. The minimum absolute atomic E-state index is 0.00926. The minimum Gasteiger partial charge on any atom is -0.463 e. The monoisotopic (exact) mass is 203 g/mol. The molecule has 14 heavy (non-hydrogen) atoms. The lowest BCUT2D eigenvalue weighted by Crippen LogP contribution is -2.17. The molecule has 0 aliphatic carbocycles. The Hall–Kier alpha value is -1.06. The molecule has 0 aliphatic heterocycles. The van der Waals surface area contributed by atoms with Crippen LogP contribution in [0.25, 0.3) is 0 Å². The number of primary amides is 1. The quantitative estimate of drug-likeness (QED) is 0.706. The number of ether oxygens (including phenoxy) is 1. The summed E-state index contributed by atoms with van der Waals surface area (Å²) in [5.74, 6) is -0.375. The minimum atomic E-state index is -0.241. The zero-order valence-electron chi connectivity index (χ0n) is 9.66. The second kappa shape index (κ2) is 8.53. The van der Waals surface area contributed by atoms with Gasteiger partial charge in [0.2, 0.25) is 5.91 Å². The molecule has 0 heterocycles. The van der Waals surface area contributed by atoms with Crippen molar-refractivity contribution in [1.82, 2.24) is 0 Å². The zero-order chi connectivity index (χ0) is 11.7. The van der Waals surface area contributed by atoms with Gasteiger partial charge < -0.3 is 10.5 Å². The average Bonchev–Trinajstić information content (AvgIpc) is 2.04. The molecule has 0 radical (unpaired) electrons. The van der Waals surface area contributed by atoms with Crippen molar-refractivity contribution in [2.24, 2.45) is 11.7 Å². The molecule has 0 aromatic rings. The Bertz CT molecular complexity index is 176.